The summed E-state index contributed by atoms with van der Waals surface area (Å²) in [4.78, 5) is 21.3. The molecular weight excluding hydrogens is 548 g/mol. The summed E-state index contributed by atoms with van der Waals surface area (Å²) in [5, 5.41) is 23.7. The highest BCUT2D eigenvalue weighted by atomic mass is 19.4. The Labute approximate surface area is 230 Å². The molecule has 2 aromatic heterocycles. The lowest BCUT2D eigenvalue weighted by Gasteiger charge is -2.31. The van der Waals surface area contributed by atoms with Crippen LogP contribution in [-0.2, 0) is 11.1 Å². The number of amides is 1. The molecule has 1 amide bonds. The number of methoxy groups -OCH3 is 1. The van der Waals surface area contributed by atoms with E-state index in [-0.39, 0.29) is 40.5 Å². The smallest absolute Gasteiger partial charge is 0.424 e. The number of benzene rings is 2. The molecule has 2 unspecified atom stereocenters. The molecule has 1 aliphatic rings. The van der Waals surface area contributed by atoms with Crippen molar-refractivity contribution in [2.45, 2.75) is 17.3 Å². The molecule has 41 heavy (non-hydrogen) atoms. The molecule has 2 atom stereocenters. The number of halogens is 4. The summed E-state index contributed by atoms with van der Waals surface area (Å²) in [6.45, 7) is -2.29. The van der Waals surface area contributed by atoms with E-state index in [1.165, 1.54) is 37.6 Å². The number of aromatic nitrogens is 2. The molecule has 0 radical (unpaired) electrons. The lowest BCUT2D eigenvalue weighted by molar-refractivity contribution is -0.265. The monoisotopic (exact) mass is 572 g/mol. The molecule has 0 fully saturated rings. The van der Waals surface area contributed by atoms with Crippen molar-refractivity contribution in [2.24, 2.45) is 5.73 Å². The molecule has 0 aliphatic carbocycles. The van der Waals surface area contributed by atoms with Crippen LogP contribution in [0.1, 0.15) is 21.6 Å². The Hall–Kier alpha value is -4.33. The van der Waals surface area contributed by atoms with E-state index in [0.29, 0.717) is 10.9 Å². The molecule has 5 rings (SSSR count). The second-order valence-electron chi connectivity index (χ2n) is 9.64. The highest BCUT2D eigenvalue weighted by Gasteiger charge is 2.57. The molecule has 3 heterocycles. The first-order valence-electron chi connectivity index (χ1n) is 12.2. The number of nitrogens with two attached hydrogens (primary N) is 1. The van der Waals surface area contributed by atoms with E-state index in [1.807, 2.05) is 0 Å². The maximum atomic E-state index is 14.6. The van der Waals surface area contributed by atoms with Crippen molar-refractivity contribution >= 4 is 16.8 Å². The molecule has 9 nitrogen and oxygen atoms in total. The number of hydrogen-bond donors (Lipinski definition) is 4. The van der Waals surface area contributed by atoms with Crippen LogP contribution in [0.15, 0.2) is 60.8 Å². The van der Waals surface area contributed by atoms with E-state index >= 15 is 0 Å². The van der Waals surface area contributed by atoms with E-state index < -0.39 is 47.9 Å². The zero-order valence-corrected chi connectivity index (χ0v) is 21.5. The number of pyridine rings is 2. The third-order valence-corrected chi connectivity index (χ3v) is 6.93. The standard InChI is InChI=1S/C28H24F4N4O5/c1-40-20-10-17(9-16-3-2-8-34-22(16)20)25(38)35-12-27(39,28(30,31)32)21-11-19-24(41-14-26(19,33)13-37)23(36-21)15-4-6-18(29)7-5-15/h2-11,37,39H,12-14,33H2,1H3,(H,35,38). The van der Waals surface area contributed by atoms with Crippen molar-refractivity contribution in [1.82, 2.24) is 15.3 Å². The van der Waals surface area contributed by atoms with Crippen LogP contribution in [0.3, 0.4) is 0 Å². The highest BCUT2D eigenvalue weighted by Crippen LogP contribution is 2.46. The molecule has 0 bridgehead atoms. The van der Waals surface area contributed by atoms with Gasteiger partial charge in [-0.05, 0) is 48.5 Å². The Morgan fingerprint density at radius 1 is 1.20 bits per heavy atom. The maximum absolute atomic E-state index is 14.6. The van der Waals surface area contributed by atoms with Gasteiger partial charge in [-0.15, -0.1) is 0 Å². The second-order valence-corrected chi connectivity index (χ2v) is 9.64. The van der Waals surface area contributed by atoms with Crippen LogP contribution in [0, 0.1) is 5.82 Å². The summed E-state index contributed by atoms with van der Waals surface area (Å²) < 4.78 is 68.1. The minimum atomic E-state index is -5.33. The van der Waals surface area contributed by atoms with Gasteiger partial charge in [-0.3, -0.25) is 9.78 Å². The fraction of sp³-hybridized carbons (Fsp3) is 0.250. The predicted octanol–water partition coefficient (Wildman–Crippen LogP) is 3.16. The van der Waals surface area contributed by atoms with Gasteiger partial charge in [-0.25, -0.2) is 9.37 Å². The zero-order valence-electron chi connectivity index (χ0n) is 21.5. The summed E-state index contributed by atoms with van der Waals surface area (Å²) in [6, 6.07) is 11.6. The molecule has 4 aromatic rings. The molecular formula is C28H24F4N4O5. The number of aliphatic hydroxyl groups excluding tert-OH is 1. The topological polar surface area (TPSA) is 140 Å². The molecule has 0 saturated carbocycles. The van der Waals surface area contributed by atoms with E-state index in [4.69, 9.17) is 15.2 Å². The van der Waals surface area contributed by atoms with Gasteiger partial charge in [0.25, 0.3) is 5.91 Å². The molecule has 2 aromatic carbocycles. The summed E-state index contributed by atoms with van der Waals surface area (Å²) >= 11 is 0. The fourth-order valence-corrected chi connectivity index (χ4v) is 4.57. The normalized spacial score (nSPS) is 18.0. The van der Waals surface area contributed by atoms with Gasteiger partial charge in [0.2, 0.25) is 5.60 Å². The first-order chi connectivity index (χ1) is 19.4. The molecule has 13 heteroatoms. The predicted molar refractivity (Wildman–Crippen MR) is 139 cm³/mol. The zero-order chi connectivity index (χ0) is 29.6. The summed E-state index contributed by atoms with van der Waals surface area (Å²) in [5.41, 5.74) is 0.416. The fourth-order valence-electron chi connectivity index (χ4n) is 4.57. The summed E-state index contributed by atoms with van der Waals surface area (Å²) in [7, 11) is 1.36. The Morgan fingerprint density at radius 3 is 2.59 bits per heavy atom. The minimum Gasteiger partial charge on any atom is -0.494 e. The van der Waals surface area contributed by atoms with Crippen LogP contribution in [0.5, 0.6) is 11.5 Å². The van der Waals surface area contributed by atoms with Gasteiger partial charge in [0.15, 0.2) is 5.75 Å². The van der Waals surface area contributed by atoms with Crippen LogP contribution in [0.25, 0.3) is 22.2 Å². The van der Waals surface area contributed by atoms with Crippen LogP contribution >= 0.6 is 0 Å². The Kier molecular flexibility index (Phi) is 7.05. The number of carbonyl (C=O) groups is 1. The Bertz CT molecular complexity index is 1630. The SMILES string of the molecule is COc1cc(C(=O)NCC(O)(c2cc3c(c(-c4ccc(F)cc4)n2)OCC3(N)CO)C(F)(F)F)cc2cccnc12. The summed E-state index contributed by atoms with van der Waals surface area (Å²) in [6.07, 6.45) is -3.81. The summed E-state index contributed by atoms with van der Waals surface area (Å²) in [5.74, 6) is -1.31. The van der Waals surface area contributed by atoms with Crippen molar-refractivity contribution in [2.75, 3.05) is 26.9 Å². The van der Waals surface area contributed by atoms with Gasteiger partial charge in [-0.1, -0.05) is 6.07 Å². The minimum absolute atomic E-state index is 0.0117. The molecule has 0 saturated heterocycles. The average molecular weight is 573 g/mol. The molecule has 214 valence electrons. The number of nitrogens with zero attached hydrogens (tertiary/aromatic N) is 2. The van der Waals surface area contributed by atoms with Gasteiger partial charge >= 0.3 is 6.18 Å². The number of ether oxygens (including phenoxy) is 2. The Balaban J connectivity index is 1.57. The van der Waals surface area contributed by atoms with Crippen LogP contribution < -0.4 is 20.5 Å². The first-order valence-corrected chi connectivity index (χ1v) is 12.2. The molecule has 5 N–H and O–H groups in total. The maximum Gasteiger partial charge on any atom is 0.424 e. The van der Waals surface area contributed by atoms with E-state index in [2.05, 4.69) is 15.3 Å². The number of hydrogen-bond acceptors (Lipinski definition) is 8. The van der Waals surface area contributed by atoms with Crippen molar-refractivity contribution in [3.05, 3.63) is 83.4 Å². The van der Waals surface area contributed by atoms with Crippen molar-refractivity contribution < 1.29 is 42.0 Å². The lowest BCUT2D eigenvalue weighted by Crippen LogP contribution is -2.52. The lowest BCUT2D eigenvalue weighted by atomic mass is 9.88. The van der Waals surface area contributed by atoms with Crippen LogP contribution in [0.2, 0.25) is 0 Å². The van der Waals surface area contributed by atoms with Crippen molar-refractivity contribution in [1.29, 1.82) is 0 Å². The van der Waals surface area contributed by atoms with Gasteiger partial charge in [-0.2, -0.15) is 13.2 Å². The number of carbonyl (C=O) groups excluding carboxylic acids is 1. The van der Waals surface area contributed by atoms with E-state index in [1.54, 1.807) is 12.1 Å². The van der Waals surface area contributed by atoms with Gasteiger partial charge in [0.1, 0.15) is 34.9 Å². The van der Waals surface area contributed by atoms with Gasteiger partial charge in [0, 0.05) is 28.3 Å². The average Bonchev–Trinajstić information content (AvgIpc) is 3.31. The van der Waals surface area contributed by atoms with E-state index in [9.17, 15) is 32.6 Å². The number of fused-ring (bicyclic) bond motifs is 2. The van der Waals surface area contributed by atoms with Crippen LogP contribution in [0.4, 0.5) is 17.6 Å². The number of alkyl halides is 3. The number of rotatable bonds is 7. The quantitative estimate of drug-likeness (QED) is 0.248. The number of nitrogens with one attached hydrogen (secondary N) is 1. The third-order valence-electron chi connectivity index (χ3n) is 6.93. The van der Waals surface area contributed by atoms with Crippen molar-refractivity contribution in [3.63, 3.8) is 0 Å². The highest BCUT2D eigenvalue weighted by molar-refractivity contribution is 5.99. The third kappa shape index (κ3) is 4.92. The Morgan fingerprint density at radius 2 is 1.93 bits per heavy atom. The van der Waals surface area contributed by atoms with Gasteiger partial charge in [0.05, 0.1) is 26.0 Å². The van der Waals surface area contributed by atoms with E-state index in [0.717, 1.165) is 18.2 Å². The van der Waals surface area contributed by atoms with Gasteiger partial charge < -0.3 is 30.7 Å². The largest absolute Gasteiger partial charge is 0.494 e. The van der Waals surface area contributed by atoms with Crippen molar-refractivity contribution in [3.8, 4) is 22.8 Å². The molecule has 0 spiro atoms. The first kappa shape index (κ1) is 28.2. The number of aliphatic hydroxyl groups is 2. The molecule has 1 aliphatic heterocycles. The second kappa shape index (κ2) is 10.3. The van der Waals surface area contributed by atoms with Crippen LogP contribution in [-0.4, -0.2) is 59.1 Å².